The quantitative estimate of drug-likeness (QED) is 0.908. The Hall–Kier alpha value is -3.46. The Balaban J connectivity index is 1.90. The van der Waals surface area contributed by atoms with Gasteiger partial charge in [-0.3, -0.25) is 4.99 Å². The lowest BCUT2D eigenvalue weighted by Crippen LogP contribution is -2.33. The van der Waals surface area contributed by atoms with Crippen LogP contribution in [0, 0.1) is 11.3 Å². The Labute approximate surface area is 151 Å². The van der Waals surface area contributed by atoms with Crippen molar-refractivity contribution in [2.75, 3.05) is 14.2 Å². The van der Waals surface area contributed by atoms with E-state index in [0.717, 1.165) is 22.4 Å². The van der Waals surface area contributed by atoms with Crippen LogP contribution < -0.4 is 15.2 Å². The lowest BCUT2D eigenvalue weighted by molar-refractivity contribution is 0.151. The minimum absolute atomic E-state index is 0.135. The van der Waals surface area contributed by atoms with E-state index < -0.39 is 0 Å². The van der Waals surface area contributed by atoms with Crippen molar-refractivity contribution in [3.05, 3.63) is 70.3 Å². The van der Waals surface area contributed by atoms with Gasteiger partial charge in [-0.2, -0.15) is 5.26 Å². The number of benzene rings is 1. The average molecular weight is 347 g/mol. The molecule has 1 aromatic carbocycles. The zero-order valence-electron chi connectivity index (χ0n) is 14.4. The topological polar surface area (TPSA) is 89.9 Å². The third kappa shape index (κ3) is 2.37. The SMILES string of the molecule is COc1cc(OC)cc(C2C3=CC=C4N=CC=C4C3OC(N)=C2C#N)c1. The molecule has 0 saturated carbocycles. The van der Waals surface area contributed by atoms with Crippen molar-refractivity contribution in [3.63, 3.8) is 0 Å². The molecule has 1 aromatic rings. The van der Waals surface area contributed by atoms with Crippen LogP contribution in [0.1, 0.15) is 11.5 Å². The summed E-state index contributed by atoms with van der Waals surface area (Å²) in [5.41, 5.74) is 10.1. The number of fused-ring (bicyclic) bond motifs is 3. The van der Waals surface area contributed by atoms with Gasteiger partial charge in [0, 0.05) is 23.8 Å². The molecule has 0 bridgehead atoms. The molecule has 1 aliphatic carbocycles. The molecular weight excluding hydrogens is 330 g/mol. The van der Waals surface area contributed by atoms with Crippen LogP contribution in [-0.2, 0) is 4.74 Å². The molecule has 2 unspecified atom stereocenters. The van der Waals surface area contributed by atoms with E-state index in [1.54, 1.807) is 26.5 Å². The van der Waals surface area contributed by atoms with Gasteiger partial charge in [-0.1, -0.05) is 6.08 Å². The summed E-state index contributed by atoms with van der Waals surface area (Å²) in [6.45, 7) is 0. The average Bonchev–Trinajstić information content (AvgIpc) is 3.15. The minimum atomic E-state index is -0.364. The lowest BCUT2D eigenvalue weighted by Gasteiger charge is -2.36. The first kappa shape index (κ1) is 16.0. The molecule has 26 heavy (non-hydrogen) atoms. The van der Waals surface area contributed by atoms with Gasteiger partial charge in [0.1, 0.15) is 29.2 Å². The van der Waals surface area contributed by atoms with Gasteiger partial charge in [0.05, 0.1) is 19.9 Å². The van der Waals surface area contributed by atoms with Crippen LogP contribution in [0.2, 0.25) is 0 Å². The van der Waals surface area contributed by atoms with E-state index in [0.29, 0.717) is 17.1 Å². The molecule has 0 spiro atoms. The van der Waals surface area contributed by atoms with Gasteiger partial charge in [0.25, 0.3) is 0 Å². The summed E-state index contributed by atoms with van der Waals surface area (Å²) >= 11 is 0. The van der Waals surface area contributed by atoms with Crippen molar-refractivity contribution in [1.82, 2.24) is 0 Å². The Kier molecular flexibility index (Phi) is 3.77. The maximum atomic E-state index is 9.71. The highest BCUT2D eigenvalue weighted by Gasteiger charge is 2.40. The van der Waals surface area contributed by atoms with Crippen LogP contribution in [0.4, 0.5) is 0 Å². The van der Waals surface area contributed by atoms with Gasteiger partial charge in [-0.05, 0) is 35.4 Å². The number of allylic oxidation sites excluding steroid dienone is 4. The molecule has 4 rings (SSSR count). The molecule has 6 heteroatoms. The second-order valence-corrected chi connectivity index (χ2v) is 6.09. The Morgan fingerprint density at radius 1 is 1.12 bits per heavy atom. The van der Waals surface area contributed by atoms with Gasteiger partial charge in [0.15, 0.2) is 5.88 Å². The molecule has 0 amide bonds. The predicted octanol–water partition coefficient (Wildman–Crippen LogP) is 2.71. The molecule has 2 N–H and O–H groups in total. The Morgan fingerprint density at radius 3 is 2.50 bits per heavy atom. The summed E-state index contributed by atoms with van der Waals surface area (Å²) < 4.78 is 16.7. The molecule has 2 heterocycles. The van der Waals surface area contributed by atoms with E-state index >= 15 is 0 Å². The fourth-order valence-corrected chi connectivity index (χ4v) is 3.51. The number of hydrogen-bond donors (Lipinski definition) is 1. The maximum absolute atomic E-state index is 9.71. The summed E-state index contributed by atoms with van der Waals surface area (Å²) in [5, 5.41) is 9.71. The number of nitrogens with two attached hydrogens (primary N) is 1. The molecule has 0 saturated heterocycles. The van der Waals surface area contributed by atoms with Crippen LogP contribution >= 0.6 is 0 Å². The molecular formula is C20H17N3O3. The molecule has 130 valence electrons. The summed E-state index contributed by atoms with van der Waals surface area (Å²) in [7, 11) is 3.19. The Morgan fingerprint density at radius 2 is 1.85 bits per heavy atom. The predicted molar refractivity (Wildman–Crippen MR) is 96.7 cm³/mol. The fourth-order valence-electron chi connectivity index (χ4n) is 3.51. The van der Waals surface area contributed by atoms with Crippen molar-refractivity contribution >= 4 is 6.21 Å². The molecule has 2 aliphatic heterocycles. The summed E-state index contributed by atoms with van der Waals surface area (Å²) in [6.07, 6.45) is 7.19. The first-order valence-electron chi connectivity index (χ1n) is 8.12. The maximum Gasteiger partial charge on any atom is 0.200 e. The van der Waals surface area contributed by atoms with Crippen LogP contribution in [0.25, 0.3) is 0 Å². The van der Waals surface area contributed by atoms with Gasteiger partial charge >= 0.3 is 0 Å². The van der Waals surface area contributed by atoms with Crippen LogP contribution in [0.15, 0.2) is 69.7 Å². The second kappa shape index (κ2) is 6.12. The first-order chi connectivity index (χ1) is 12.7. The van der Waals surface area contributed by atoms with Crippen molar-refractivity contribution in [3.8, 4) is 17.6 Å². The smallest absolute Gasteiger partial charge is 0.200 e. The first-order valence-corrected chi connectivity index (χ1v) is 8.12. The fraction of sp³-hybridized carbons (Fsp3) is 0.200. The lowest BCUT2D eigenvalue weighted by atomic mass is 9.77. The van der Waals surface area contributed by atoms with Gasteiger partial charge in [-0.15, -0.1) is 0 Å². The number of methoxy groups -OCH3 is 2. The van der Waals surface area contributed by atoms with Crippen LogP contribution in [-0.4, -0.2) is 26.5 Å². The van der Waals surface area contributed by atoms with Crippen molar-refractivity contribution in [1.29, 1.82) is 5.26 Å². The summed E-state index contributed by atoms with van der Waals surface area (Å²) in [6, 6.07) is 7.77. The number of nitriles is 1. The zero-order valence-corrected chi connectivity index (χ0v) is 14.4. The highest BCUT2D eigenvalue weighted by atomic mass is 16.5. The van der Waals surface area contributed by atoms with Crippen molar-refractivity contribution < 1.29 is 14.2 Å². The number of nitrogens with zero attached hydrogens (tertiary/aromatic N) is 2. The van der Waals surface area contributed by atoms with E-state index in [1.165, 1.54) is 0 Å². The minimum Gasteiger partial charge on any atom is -0.497 e. The van der Waals surface area contributed by atoms with E-state index in [1.807, 2.05) is 30.4 Å². The van der Waals surface area contributed by atoms with E-state index in [9.17, 15) is 5.26 Å². The normalized spacial score (nSPS) is 23.0. The van der Waals surface area contributed by atoms with Gasteiger partial charge < -0.3 is 19.9 Å². The number of hydrogen-bond acceptors (Lipinski definition) is 6. The second-order valence-electron chi connectivity index (χ2n) is 6.09. The van der Waals surface area contributed by atoms with E-state index in [-0.39, 0.29) is 17.9 Å². The molecule has 0 radical (unpaired) electrons. The Bertz CT molecular complexity index is 954. The number of rotatable bonds is 3. The highest BCUT2D eigenvalue weighted by Crippen LogP contribution is 2.46. The molecule has 3 aliphatic rings. The molecule has 0 fully saturated rings. The van der Waals surface area contributed by atoms with Crippen LogP contribution in [0.5, 0.6) is 11.5 Å². The highest BCUT2D eigenvalue weighted by molar-refractivity contribution is 5.81. The van der Waals surface area contributed by atoms with Crippen molar-refractivity contribution in [2.24, 2.45) is 10.7 Å². The standard InChI is InChI=1S/C20H17N3O3/c1-24-12-7-11(8-13(9-12)25-2)18-15-3-4-17-14(5-6-23-17)19(15)26-20(22)16(18)10-21/h3-9,18-19H,22H2,1-2H3. The summed E-state index contributed by atoms with van der Waals surface area (Å²) in [5.74, 6) is 1.08. The summed E-state index contributed by atoms with van der Waals surface area (Å²) in [4.78, 5) is 4.32. The van der Waals surface area contributed by atoms with Gasteiger partial charge in [-0.25, -0.2) is 0 Å². The van der Waals surface area contributed by atoms with Gasteiger partial charge in [0.2, 0.25) is 0 Å². The number of aliphatic imine (C=N–C) groups is 1. The van der Waals surface area contributed by atoms with E-state index in [2.05, 4.69) is 11.1 Å². The van der Waals surface area contributed by atoms with E-state index in [4.69, 9.17) is 19.9 Å². The molecule has 6 nitrogen and oxygen atoms in total. The molecule has 2 atom stereocenters. The zero-order chi connectivity index (χ0) is 18.3. The monoisotopic (exact) mass is 347 g/mol. The molecule has 0 aromatic heterocycles. The third-order valence-electron chi connectivity index (χ3n) is 4.74. The third-order valence-corrected chi connectivity index (χ3v) is 4.74. The number of ether oxygens (including phenoxy) is 3. The largest absolute Gasteiger partial charge is 0.497 e. The van der Waals surface area contributed by atoms with Crippen molar-refractivity contribution in [2.45, 2.75) is 12.0 Å². The van der Waals surface area contributed by atoms with Crippen LogP contribution in [0.3, 0.4) is 0 Å².